The van der Waals surface area contributed by atoms with Crippen LogP contribution in [0.3, 0.4) is 0 Å². The van der Waals surface area contributed by atoms with Crippen LogP contribution in [0.25, 0.3) is 12.2 Å². The van der Waals surface area contributed by atoms with Crippen LogP contribution in [0.2, 0.25) is 0 Å². The third-order valence-corrected chi connectivity index (χ3v) is 6.17. The molecule has 0 radical (unpaired) electrons. The highest BCUT2D eigenvalue weighted by Gasteiger charge is 2.18. The van der Waals surface area contributed by atoms with Crippen molar-refractivity contribution in [2.24, 2.45) is 0 Å². The highest BCUT2D eigenvalue weighted by Crippen LogP contribution is 2.26. The molecule has 0 fully saturated rings. The Morgan fingerprint density at radius 1 is 1.10 bits per heavy atom. The number of carbonyl (C=O) groups is 1. The van der Waals surface area contributed by atoms with E-state index in [2.05, 4.69) is 20.5 Å². The van der Waals surface area contributed by atoms with Crippen LogP contribution in [-0.2, 0) is 4.79 Å². The predicted octanol–water partition coefficient (Wildman–Crippen LogP) is 5.17. The van der Waals surface area contributed by atoms with Crippen LogP contribution in [0, 0.1) is 5.82 Å². The molecule has 0 bridgehead atoms. The first kappa shape index (κ1) is 21.0. The van der Waals surface area contributed by atoms with E-state index in [0.29, 0.717) is 11.0 Å². The maximum Gasteiger partial charge on any atom is 0.231 e. The van der Waals surface area contributed by atoms with Gasteiger partial charge in [0.15, 0.2) is 0 Å². The molecule has 156 valence electrons. The van der Waals surface area contributed by atoms with Crippen molar-refractivity contribution >= 4 is 41.2 Å². The molecule has 5 nitrogen and oxygen atoms in total. The van der Waals surface area contributed by atoms with Crippen LogP contribution >= 0.6 is 23.1 Å². The average Bonchev–Trinajstić information content (AvgIpc) is 3.49. The van der Waals surface area contributed by atoms with Crippen molar-refractivity contribution in [1.82, 2.24) is 20.5 Å². The normalized spacial score (nSPS) is 12.2. The van der Waals surface area contributed by atoms with Gasteiger partial charge < -0.3 is 5.32 Å². The van der Waals surface area contributed by atoms with Crippen LogP contribution in [0.15, 0.2) is 77.3 Å². The molecule has 2 N–H and O–H groups in total. The van der Waals surface area contributed by atoms with E-state index in [4.69, 9.17) is 0 Å². The zero-order valence-electron chi connectivity index (χ0n) is 16.4. The number of nitrogens with one attached hydrogen (secondary N) is 2. The van der Waals surface area contributed by atoms with Crippen LogP contribution in [-0.4, -0.2) is 26.8 Å². The first-order valence-electron chi connectivity index (χ1n) is 9.54. The monoisotopic (exact) mass is 450 g/mol. The number of H-pyrrole nitrogens is 1. The van der Waals surface area contributed by atoms with E-state index in [0.717, 1.165) is 16.0 Å². The summed E-state index contributed by atoms with van der Waals surface area (Å²) in [7, 11) is 0. The van der Waals surface area contributed by atoms with Crippen molar-refractivity contribution in [1.29, 1.82) is 0 Å². The summed E-state index contributed by atoms with van der Waals surface area (Å²) >= 11 is 2.87. The Hall–Kier alpha value is -3.23. The number of benzene rings is 2. The van der Waals surface area contributed by atoms with E-state index in [1.54, 1.807) is 29.5 Å². The molecule has 1 amide bonds. The van der Waals surface area contributed by atoms with Crippen molar-refractivity contribution in [3.8, 4) is 0 Å². The first-order valence-corrected chi connectivity index (χ1v) is 11.4. The van der Waals surface area contributed by atoms with Crippen molar-refractivity contribution < 1.29 is 9.18 Å². The number of thioether (sulfide) groups is 1. The van der Waals surface area contributed by atoms with Gasteiger partial charge in [-0.25, -0.2) is 9.37 Å². The molecule has 0 aliphatic carbocycles. The summed E-state index contributed by atoms with van der Waals surface area (Å²) in [6.45, 7) is 0. The number of hydrogen-bond donors (Lipinski definition) is 2. The Bertz CT molecular complexity index is 1140. The molecule has 2 aromatic heterocycles. The fourth-order valence-corrected chi connectivity index (χ4v) is 4.32. The molecule has 8 heteroatoms. The van der Waals surface area contributed by atoms with Crippen molar-refractivity contribution in [2.75, 3.05) is 5.75 Å². The molecule has 0 aliphatic heterocycles. The molecular weight excluding hydrogens is 431 g/mol. The molecule has 2 aromatic carbocycles. The summed E-state index contributed by atoms with van der Waals surface area (Å²) in [5.74, 6) is 0.393. The van der Waals surface area contributed by atoms with E-state index in [1.165, 1.54) is 23.9 Å². The second-order valence-corrected chi connectivity index (χ2v) is 8.53. The minimum Gasteiger partial charge on any atom is -0.344 e. The molecule has 1 atom stereocenters. The standard InChI is InChI=1S/C23H19FN4OS2/c24-18-11-8-16(9-12-18)10-13-20-25-23(28-27-20)31-15-21(29)26-22(19-7-4-14-30-19)17-5-2-1-3-6-17/h1-14,22H,15H2,(H,26,29)(H,25,27,28)/b13-10+. The minimum absolute atomic E-state index is 0.0968. The lowest BCUT2D eigenvalue weighted by Crippen LogP contribution is -2.30. The van der Waals surface area contributed by atoms with Gasteiger partial charge in [-0.05, 0) is 40.8 Å². The van der Waals surface area contributed by atoms with Gasteiger partial charge in [-0.2, -0.15) is 0 Å². The largest absolute Gasteiger partial charge is 0.344 e. The van der Waals surface area contributed by atoms with Gasteiger partial charge in [0, 0.05) is 4.88 Å². The van der Waals surface area contributed by atoms with E-state index >= 15 is 0 Å². The Balaban J connectivity index is 1.34. The number of aromatic nitrogens is 3. The summed E-state index contributed by atoms with van der Waals surface area (Å²) < 4.78 is 13.0. The average molecular weight is 451 g/mol. The number of nitrogens with zero attached hydrogens (tertiary/aromatic N) is 2. The fraction of sp³-hybridized carbons (Fsp3) is 0.0870. The van der Waals surface area contributed by atoms with Gasteiger partial charge in [-0.3, -0.25) is 9.89 Å². The Kier molecular flexibility index (Phi) is 6.91. The first-order chi connectivity index (χ1) is 15.2. The molecule has 31 heavy (non-hydrogen) atoms. The number of rotatable bonds is 8. The second kappa shape index (κ2) is 10.2. The van der Waals surface area contributed by atoms with Gasteiger partial charge in [0.2, 0.25) is 11.1 Å². The highest BCUT2D eigenvalue weighted by molar-refractivity contribution is 7.99. The zero-order valence-corrected chi connectivity index (χ0v) is 18.0. The SMILES string of the molecule is O=C(CSc1n[nH]c(/C=C/c2ccc(F)cc2)n1)NC(c1ccccc1)c1cccs1. The van der Waals surface area contributed by atoms with Gasteiger partial charge in [-0.15, -0.1) is 16.4 Å². The van der Waals surface area contributed by atoms with E-state index in [-0.39, 0.29) is 23.5 Å². The summed E-state index contributed by atoms with van der Waals surface area (Å²) in [5, 5.41) is 12.6. The lowest BCUT2D eigenvalue weighted by atomic mass is 10.1. The Labute approximate surface area is 187 Å². The highest BCUT2D eigenvalue weighted by atomic mass is 32.2. The topological polar surface area (TPSA) is 70.7 Å². The van der Waals surface area contributed by atoms with Crippen LogP contribution in [0.5, 0.6) is 0 Å². The summed E-state index contributed by atoms with van der Waals surface area (Å²) in [4.78, 5) is 18.0. The summed E-state index contributed by atoms with van der Waals surface area (Å²) in [6, 6.07) is 19.9. The molecule has 2 heterocycles. The molecule has 4 aromatic rings. The quantitative estimate of drug-likeness (QED) is 0.363. The van der Waals surface area contributed by atoms with Crippen LogP contribution in [0.1, 0.15) is 27.9 Å². The summed E-state index contributed by atoms with van der Waals surface area (Å²) in [5.41, 5.74) is 1.89. The van der Waals surface area contributed by atoms with Crippen molar-refractivity contribution in [3.05, 3.63) is 99.8 Å². The van der Waals surface area contributed by atoms with Crippen LogP contribution < -0.4 is 5.32 Å². The molecule has 1 unspecified atom stereocenters. The second-order valence-electron chi connectivity index (χ2n) is 6.60. The fourth-order valence-electron chi connectivity index (χ4n) is 2.90. The maximum absolute atomic E-state index is 13.0. The third-order valence-electron chi connectivity index (χ3n) is 4.38. The van der Waals surface area contributed by atoms with Crippen molar-refractivity contribution in [2.45, 2.75) is 11.2 Å². The van der Waals surface area contributed by atoms with Crippen LogP contribution in [0.4, 0.5) is 4.39 Å². The summed E-state index contributed by atoms with van der Waals surface area (Å²) in [6.07, 6.45) is 3.57. The van der Waals surface area contributed by atoms with E-state index in [1.807, 2.05) is 53.9 Å². The van der Waals surface area contributed by atoms with Gasteiger partial charge >= 0.3 is 0 Å². The predicted molar refractivity (Wildman–Crippen MR) is 123 cm³/mol. The maximum atomic E-state index is 13.0. The molecular formula is C23H19FN4OS2. The van der Waals surface area contributed by atoms with Gasteiger partial charge in [-0.1, -0.05) is 66.4 Å². The molecule has 0 saturated heterocycles. The minimum atomic E-state index is -0.276. The van der Waals surface area contributed by atoms with E-state index < -0.39 is 0 Å². The number of hydrogen-bond acceptors (Lipinski definition) is 5. The molecule has 0 saturated carbocycles. The molecule has 0 aliphatic rings. The number of halogens is 1. The lowest BCUT2D eigenvalue weighted by molar-refractivity contribution is -0.119. The lowest BCUT2D eigenvalue weighted by Gasteiger charge is -2.17. The number of thiophene rings is 1. The zero-order chi connectivity index (χ0) is 21.5. The Morgan fingerprint density at radius 2 is 1.90 bits per heavy atom. The van der Waals surface area contributed by atoms with Gasteiger partial charge in [0.1, 0.15) is 11.6 Å². The number of aromatic amines is 1. The molecule has 0 spiro atoms. The third kappa shape index (κ3) is 5.90. The van der Waals surface area contributed by atoms with Gasteiger partial charge in [0.25, 0.3) is 0 Å². The van der Waals surface area contributed by atoms with Gasteiger partial charge in [0.05, 0.1) is 11.8 Å². The van der Waals surface area contributed by atoms with E-state index in [9.17, 15) is 9.18 Å². The number of carbonyl (C=O) groups excluding carboxylic acids is 1. The van der Waals surface area contributed by atoms with Crippen molar-refractivity contribution in [3.63, 3.8) is 0 Å². The Morgan fingerprint density at radius 3 is 2.65 bits per heavy atom. The smallest absolute Gasteiger partial charge is 0.231 e. The molecule has 4 rings (SSSR count). The number of amides is 1.